The summed E-state index contributed by atoms with van der Waals surface area (Å²) in [5, 5.41) is 5.36. The van der Waals surface area contributed by atoms with Crippen molar-refractivity contribution >= 4 is 16.6 Å². The molecule has 0 N–H and O–H groups in total. The lowest BCUT2D eigenvalue weighted by Gasteiger charge is -2.36. The van der Waals surface area contributed by atoms with Crippen molar-refractivity contribution in [3.05, 3.63) is 85.1 Å². The van der Waals surface area contributed by atoms with Crippen molar-refractivity contribution in [1.29, 1.82) is 0 Å². The van der Waals surface area contributed by atoms with Gasteiger partial charge in [-0.25, -0.2) is 0 Å². The number of aromatic nitrogens is 4. The maximum atomic E-state index is 5.50. The Balaban J connectivity index is 1.12. The highest BCUT2D eigenvalue weighted by Crippen LogP contribution is 2.30. The highest BCUT2D eigenvalue weighted by atomic mass is 16.5. The molecule has 180 valence electrons. The first-order valence-electron chi connectivity index (χ1n) is 12.0. The summed E-state index contributed by atoms with van der Waals surface area (Å²) >= 11 is 0. The SMILES string of the molecule is COc1ccc(-c2nc(CN3CCN(c4ccnc5cc(-c6cccnc6)ccc45)CC3)no2)cc1. The van der Waals surface area contributed by atoms with Crippen LogP contribution in [0, 0.1) is 0 Å². The molecule has 5 aromatic rings. The van der Waals surface area contributed by atoms with Gasteiger partial charge < -0.3 is 14.2 Å². The molecule has 0 aliphatic carbocycles. The zero-order chi connectivity index (χ0) is 24.3. The molecule has 2 aromatic carbocycles. The highest BCUT2D eigenvalue weighted by Gasteiger charge is 2.21. The van der Waals surface area contributed by atoms with Gasteiger partial charge in [0, 0.05) is 67.0 Å². The van der Waals surface area contributed by atoms with Gasteiger partial charge in [-0.15, -0.1) is 0 Å². The zero-order valence-electron chi connectivity index (χ0n) is 20.0. The highest BCUT2D eigenvalue weighted by molar-refractivity contribution is 5.94. The molecule has 0 bridgehead atoms. The summed E-state index contributed by atoms with van der Waals surface area (Å²) in [6.07, 6.45) is 5.57. The van der Waals surface area contributed by atoms with E-state index in [1.165, 1.54) is 11.1 Å². The number of hydrogen-bond acceptors (Lipinski definition) is 8. The van der Waals surface area contributed by atoms with Crippen LogP contribution in [0.3, 0.4) is 0 Å². The van der Waals surface area contributed by atoms with E-state index < -0.39 is 0 Å². The normalized spacial score (nSPS) is 14.3. The number of nitrogens with zero attached hydrogens (tertiary/aromatic N) is 6. The number of hydrogen-bond donors (Lipinski definition) is 0. The first-order chi connectivity index (χ1) is 17.8. The van der Waals surface area contributed by atoms with Crippen LogP contribution in [0.4, 0.5) is 5.69 Å². The van der Waals surface area contributed by atoms with Crippen molar-refractivity contribution in [1.82, 2.24) is 25.0 Å². The lowest BCUT2D eigenvalue weighted by molar-refractivity contribution is 0.240. The van der Waals surface area contributed by atoms with Crippen LogP contribution in [0.5, 0.6) is 5.75 Å². The van der Waals surface area contributed by atoms with E-state index in [1.54, 1.807) is 13.3 Å². The Morgan fingerprint density at radius 2 is 1.72 bits per heavy atom. The monoisotopic (exact) mass is 478 g/mol. The summed E-state index contributed by atoms with van der Waals surface area (Å²) in [5.74, 6) is 2.03. The van der Waals surface area contributed by atoms with E-state index in [0.29, 0.717) is 18.3 Å². The molecule has 0 atom stereocenters. The van der Waals surface area contributed by atoms with Crippen molar-refractivity contribution in [2.75, 3.05) is 38.2 Å². The van der Waals surface area contributed by atoms with Crippen molar-refractivity contribution in [3.63, 3.8) is 0 Å². The molecule has 3 aromatic heterocycles. The van der Waals surface area contributed by atoms with E-state index in [0.717, 1.165) is 54.1 Å². The van der Waals surface area contributed by atoms with Gasteiger partial charge in [0.15, 0.2) is 5.82 Å². The molecular weight excluding hydrogens is 452 g/mol. The first kappa shape index (κ1) is 22.2. The largest absolute Gasteiger partial charge is 0.497 e. The molecule has 1 aliphatic rings. The van der Waals surface area contributed by atoms with Crippen LogP contribution in [0.15, 0.2) is 83.8 Å². The Labute approximate surface area is 209 Å². The molecule has 8 heteroatoms. The number of benzene rings is 2. The van der Waals surface area contributed by atoms with Gasteiger partial charge in [-0.05, 0) is 48.0 Å². The predicted octanol–water partition coefficient (Wildman–Crippen LogP) is 4.68. The summed E-state index contributed by atoms with van der Waals surface area (Å²) in [6, 6.07) is 20.2. The average Bonchev–Trinajstić information content (AvgIpc) is 3.42. The van der Waals surface area contributed by atoms with Crippen LogP contribution in [-0.4, -0.2) is 58.3 Å². The number of methoxy groups -OCH3 is 1. The molecule has 1 saturated heterocycles. The van der Waals surface area contributed by atoms with Gasteiger partial charge in [0.2, 0.25) is 0 Å². The standard InChI is InChI=1S/C28H26N6O2/c1-35-23-7-4-20(5-8-23)28-31-27(32-36-28)19-33-13-15-34(16-14-33)26-10-12-30-25-17-21(6-9-24(25)26)22-3-2-11-29-18-22/h2-12,17-18H,13-16,19H2,1H3. The van der Waals surface area contributed by atoms with Gasteiger partial charge in [-0.3, -0.25) is 14.9 Å². The molecule has 8 nitrogen and oxygen atoms in total. The number of fused-ring (bicyclic) bond motifs is 1. The molecule has 1 fully saturated rings. The van der Waals surface area contributed by atoms with Crippen molar-refractivity contribution in [2.24, 2.45) is 0 Å². The first-order valence-corrected chi connectivity index (χ1v) is 12.0. The molecule has 0 radical (unpaired) electrons. The molecule has 0 unspecified atom stereocenters. The molecule has 6 rings (SSSR count). The molecule has 0 spiro atoms. The van der Waals surface area contributed by atoms with E-state index in [-0.39, 0.29) is 0 Å². The lowest BCUT2D eigenvalue weighted by atomic mass is 10.0. The summed E-state index contributed by atoms with van der Waals surface area (Å²) in [5.41, 5.74) is 5.32. The number of ether oxygens (including phenoxy) is 1. The third-order valence-electron chi connectivity index (χ3n) is 6.60. The molecule has 0 amide bonds. The Bertz CT molecular complexity index is 1460. The second-order valence-corrected chi connectivity index (χ2v) is 8.81. The topological polar surface area (TPSA) is 80.4 Å². The second kappa shape index (κ2) is 9.75. The second-order valence-electron chi connectivity index (χ2n) is 8.81. The third-order valence-corrected chi connectivity index (χ3v) is 6.60. The van der Waals surface area contributed by atoms with E-state index in [9.17, 15) is 0 Å². The number of rotatable bonds is 6. The smallest absolute Gasteiger partial charge is 0.257 e. The van der Waals surface area contributed by atoms with Gasteiger partial charge in [0.1, 0.15) is 5.75 Å². The van der Waals surface area contributed by atoms with Gasteiger partial charge >= 0.3 is 0 Å². The Kier molecular flexibility index (Phi) is 6.01. The van der Waals surface area contributed by atoms with Crippen LogP contribution < -0.4 is 9.64 Å². The Morgan fingerprint density at radius 3 is 2.50 bits per heavy atom. The number of pyridine rings is 2. The van der Waals surface area contributed by atoms with Crippen LogP contribution in [0.2, 0.25) is 0 Å². The fraction of sp³-hybridized carbons (Fsp3) is 0.214. The fourth-order valence-corrected chi connectivity index (χ4v) is 4.64. The van der Waals surface area contributed by atoms with Crippen molar-refractivity contribution in [3.8, 4) is 28.3 Å². The average molecular weight is 479 g/mol. The van der Waals surface area contributed by atoms with Crippen LogP contribution in [-0.2, 0) is 6.54 Å². The van der Waals surface area contributed by atoms with Crippen LogP contribution >= 0.6 is 0 Å². The van der Waals surface area contributed by atoms with Crippen LogP contribution in [0.25, 0.3) is 33.5 Å². The number of piperazine rings is 1. The van der Waals surface area contributed by atoms with Crippen molar-refractivity contribution < 1.29 is 9.26 Å². The van der Waals surface area contributed by atoms with Gasteiger partial charge in [0.05, 0.1) is 19.2 Å². The fourth-order valence-electron chi connectivity index (χ4n) is 4.64. The molecule has 36 heavy (non-hydrogen) atoms. The van der Waals surface area contributed by atoms with E-state index in [4.69, 9.17) is 9.26 Å². The predicted molar refractivity (Wildman–Crippen MR) is 139 cm³/mol. The quantitative estimate of drug-likeness (QED) is 0.348. The number of anilines is 1. The van der Waals surface area contributed by atoms with E-state index in [1.807, 2.05) is 42.7 Å². The van der Waals surface area contributed by atoms with Crippen molar-refractivity contribution in [2.45, 2.75) is 6.54 Å². The maximum absolute atomic E-state index is 5.50. The molecule has 1 aliphatic heterocycles. The van der Waals surface area contributed by atoms with E-state index in [2.05, 4.69) is 60.2 Å². The molecular formula is C28H26N6O2. The summed E-state index contributed by atoms with van der Waals surface area (Å²) in [7, 11) is 1.65. The Hall–Kier alpha value is -4.30. The van der Waals surface area contributed by atoms with Gasteiger partial charge in [-0.1, -0.05) is 23.4 Å². The Morgan fingerprint density at radius 1 is 0.889 bits per heavy atom. The minimum atomic E-state index is 0.528. The minimum absolute atomic E-state index is 0.528. The minimum Gasteiger partial charge on any atom is -0.497 e. The maximum Gasteiger partial charge on any atom is 0.257 e. The summed E-state index contributed by atoms with van der Waals surface area (Å²) in [4.78, 5) is 18.3. The lowest BCUT2D eigenvalue weighted by Crippen LogP contribution is -2.46. The summed E-state index contributed by atoms with van der Waals surface area (Å²) in [6.45, 7) is 4.35. The third kappa shape index (κ3) is 4.50. The van der Waals surface area contributed by atoms with E-state index >= 15 is 0 Å². The molecule has 0 saturated carbocycles. The zero-order valence-corrected chi connectivity index (χ0v) is 20.0. The molecule has 4 heterocycles. The van der Waals surface area contributed by atoms with Crippen LogP contribution in [0.1, 0.15) is 5.82 Å². The van der Waals surface area contributed by atoms with Gasteiger partial charge in [0.25, 0.3) is 5.89 Å². The van der Waals surface area contributed by atoms with Gasteiger partial charge in [-0.2, -0.15) is 4.98 Å². The summed E-state index contributed by atoms with van der Waals surface area (Å²) < 4.78 is 10.7.